The van der Waals surface area contributed by atoms with E-state index in [1.807, 2.05) is 13.1 Å². The van der Waals surface area contributed by atoms with Crippen molar-refractivity contribution in [3.63, 3.8) is 0 Å². The van der Waals surface area contributed by atoms with Gasteiger partial charge in [0.1, 0.15) is 5.82 Å². The van der Waals surface area contributed by atoms with Gasteiger partial charge < -0.3 is 5.32 Å². The van der Waals surface area contributed by atoms with Gasteiger partial charge in [-0.25, -0.2) is 4.39 Å². The first-order valence-corrected chi connectivity index (χ1v) is 8.84. The number of nitrogens with one attached hydrogen (secondary N) is 1. The molecule has 1 aliphatic rings. The molecule has 0 spiro atoms. The van der Waals surface area contributed by atoms with E-state index in [-0.39, 0.29) is 10.8 Å². The minimum Gasteiger partial charge on any atom is -0.316 e. The zero-order valence-corrected chi connectivity index (χ0v) is 13.6. The molecule has 1 fully saturated rings. The van der Waals surface area contributed by atoms with Crippen LogP contribution in [0.15, 0.2) is 18.2 Å². The second-order valence-corrected chi connectivity index (χ2v) is 7.27. The fraction of sp³-hybridized carbons (Fsp3) is 0.625. The summed E-state index contributed by atoms with van der Waals surface area (Å²) in [6.07, 6.45) is 7.72. The summed E-state index contributed by atoms with van der Waals surface area (Å²) in [5.41, 5.74) is 1.01. The van der Waals surface area contributed by atoms with E-state index in [2.05, 4.69) is 17.1 Å². The molecule has 0 saturated heterocycles. The smallest absolute Gasteiger partial charge is 0.142 e. The van der Waals surface area contributed by atoms with E-state index in [1.165, 1.54) is 32.1 Å². The van der Waals surface area contributed by atoms with Gasteiger partial charge in [0.15, 0.2) is 0 Å². The van der Waals surface area contributed by atoms with Crippen LogP contribution in [0.25, 0.3) is 0 Å². The summed E-state index contributed by atoms with van der Waals surface area (Å²) in [6, 6.07) is 5.51. The molecule has 2 rings (SSSR count). The van der Waals surface area contributed by atoms with Crippen molar-refractivity contribution < 1.29 is 4.39 Å². The van der Waals surface area contributed by atoms with Crippen LogP contribution in [0.4, 0.5) is 4.39 Å². The molecule has 20 heavy (non-hydrogen) atoms. The lowest BCUT2D eigenvalue weighted by molar-refractivity contribution is 0.514. The maximum absolute atomic E-state index is 13.5. The van der Waals surface area contributed by atoms with Gasteiger partial charge in [-0.3, -0.25) is 0 Å². The molecule has 0 radical (unpaired) electrons. The Morgan fingerprint density at radius 2 is 2.10 bits per heavy atom. The molecule has 1 aromatic rings. The molecule has 0 heterocycles. The highest BCUT2D eigenvalue weighted by Crippen LogP contribution is 2.29. The van der Waals surface area contributed by atoms with Crippen LogP contribution < -0.4 is 5.32 Å². The lowest BCUT2D eigenvalue weighted by Crippen LogP contribution is -2.31. The molecule has 4 heteroatoms. The molecule has 112 valence electrons. The van der Waals surface area contributed by atoms with Gasteiger partial charge in [0.2, 0.25) is 0 Å². The maximum atomic E-state index is 13.5. The van der Waals surface area contributed by atoms with Gasteiger partial charge in [-0.2, -0.15) is 11.8 Å². The average Bonchev–Trinajstić information content (AvgIpc) is 2.48. The van der Waals surface area contributed by atoms with Crippen molar-refractivity contribution in [2.75, 3.05) is 12.8 Å². The highest BCUT2D eigenvalue weighted by Gasteiger charge is 2.16. The van der Waals surface area contributed by atoms with Crippen molar-refractivity contribution in [2.24, 2.45) is 0 Å². The van der Waals surface area contributed by atoms with Crippen LogP contribution in [-0.4, -0.2) is 24.1 Å². The molecule has 1 unspecified atom stereocenters. The lowest BCUT2D eigenvalue weighted by atomic mass is 10.0. The maximum Gasteiger partial charge on any atom is 0.142 e. The highest BCUT2D eigenvalue weighted by molar-refractivity contribution is 7.99. The van der Waals surface area contributed by atoms with E-state index in [0.29, 0.717) is 6.04 Å². The van der Waals surface area contributed by atoms with Crippen molar-refractivity contribution in [1.82, 2.24) is 5.32 Å². The molecular weight excluding hydrogens is 293 g/mol. The number of likely N-dealkylation sites (N-methyl/N-ethyl adjacent to an activating group) is 1. The third-order valence-electron chi connectivity index (χ3n) is 3.96. The van der Waals surface area contributed by atoms with Crippen LogP contribution in [0, 0.1) is 5.82 Å². The topological polar surface area (TPSA) is 12.0 Å². The normalized spacial score (nSPS) is 18.1. The number of rotatable bonds is 6. The molecule has 1 nitrogen and oxygen atoms in total. The first-order valence-electron chi connectivity index (χ1n) is 7.42. The Kier molecular flexibility index (Phi) is 6.66. The summed E-state index contributed by atoms with van der Waals surface area (Å²) in [7, 11) is 1.98. The Bertz CT molecular complexity index is 421. The molecule has 0 bridgehead atoms. The number of hydrogen-bond donors (Lipinski definition) is 1. The van der Waals surface area contributed by atoms with Crippen LogP contribution in [0.2, 0.25) is 5.02 Å². The summed E-state index contributed by atoms with van der Waals surface area (Å²) < 4.78 is 13.5. The second-order valence-electron chi connectivity index (χ2n) is 5.53. The van der Waals surface area contributed by atoms with Crippen molar-refractivity contribution in [1.29, 1.82) is 0 Å². The molecular formula is C16H23ClFNS. The largest absolute Gasteiger partial charge is 0.316 e. The van der Waals surface area contributed by atoms with E-state index in [4.69, 9.17) is 11.6 Å². The summed E-state index contributed by atoms with van der Waals surface area (Å²) in [6.45, 7) is 0. The Morgan fingerprint density at radius 3 is 2.75 bits per heavy atom. The number of halogens is 2. The van der Waals surface area contributed by atoms with Crippen LogP contribution in [0.1, 0.15) is 37.7 Å². The van der Waals surface area contributed by atoms with Crippen molar-refractivity contribution >= 4 is 23.4 Å². The predicted octanol–water partition coefficient (Wildman–Crippen LogP) is 4.68. The van der Waals surface area contributed by atoms with Crippen LogP contribution in [-0.2, 0) is 6.42 Å². The molecule has 0 aliphatic heterocycles. The third-order valence-corrected chi connectivity index (χ3v) is 5.80. The Balaban J connectivity index is 1.83. The minimum atomic E-state index is -0.320. The summed E-state index contributed by atoms with van der Waals surface area (Å²) in [4.78, 5) is 0. The monoisotopic (exact) mass is 315 g/mol. The second kappa shape index (κ2) is 8.26. The Hall–Kier alpha value is -0.250. The number of thioether (sulfide) groups is 1. The first-order chi connectivity index (χ1) is 9.69. The van der Waals surface area contributed by atoms with E-state index in [9.17, 15) is 4.39 Å². The number of hydrogen-bond acceptors (Lipinski definition) is 2. The van der Waals surface area contributed by atoms with Gasteiger partial charge >= 0.3 is 0 Å². The van der Waals surface area contributed by atoms with Crippen LogP contribution in [0.3, 0.4) is 0 Å². The lowest BCUT2D eigenvalue weighted by Gasteiger charge is -2.24. The third kappa shape index (κ3) is 4.94. The van der Waals surface area contributed by atoms with E-state index < -0.39 is 0 Å². The summed E-state index contributed by atoms with van der Waals surface area (Å²) in [5.74, 6) is 0.768. The molecule has 1 aromatic carbocycles. The van der Waals surface area contributed by atoms with Gasteiger partial charge in [0.25, 0.3) is 0 Å². The van der Waals surface area contributed by atoms with Crippen molar-refractivity contribution in [3.05, 3.63) is 34.6 Å². The average molecular weight is 316 g/mol. The number of benzene rings is 1. The van der Waals surface area contributed by atoms with Crippen molar-refractivity contribution in [2.45, 2.75) is 49.8 Å². The van der Waals surface area contributed by atoms with Gasteiger partial charge in [0, 0.05) is 17.0 Å². The van der Waals surface area contributed by atoms with Gasteiger partial charge in [-0.15, -0.1) is 0 Å². The van der Waals surface area contributed by atoms with E-state index in [1.54, 1.807) is 12.1 Å². The highest BCUT2D eigenvalue weighted by atomic mass is 35.5. The zero-order valence-electron chi connectivity index (χ0n) is 12.0. The Labute approximate surface area is 130 Å². The van der Waals surface area contributed by atoms with Crippen LogP contribution >= 0.6 is 23.4 Å². The Morgan fingerprint density at radius 1 is 1.35 bits per heavy atom. The van der Waals surface area contributed by atoms with E-state index >= 15 is 0 Å². The first kappa shape index (κ1) is 16.1. The minimum absolute atomic E-state index is 0.200. The van der Waals surface area contributed by atoms with Crippen molar-refractivity contribution in [3.8, 4) is 0 Å². The standard InChI is InChI=1S/C16H23ClFNS/c1-19-13(11-20-14-5-3-2-4-6-14)9-12-7-8-15(17)16(18)10-12/h7-8,10,13-14,19H,2-6,9,11H2,1H3. The molecule has 1 aliphatic carbocycles. The SMILES string of the molecule is CNC(CSC1CCCCC1)Cc1ccc(Cl)c(F)c1. The molecule has 1 saturated carbocycles. The fourth-order valence-corrected chi connectivity index (χ4v) is 4.25. The van der Waals surface area contributed by atoms with Crippen LogP contribution in [0.5, 0.6) is 0 Å². The van der Waals surface area contributed by atoms with Gasteiger partial charge in [-0.1, -0.05) is 36.9 Å². The predicted molar refractivity (Wildman–Crippen MR) is 87.3 cm³/mol. The molecule has 0 aromatic heterocycles. The molecule has 0 amide bonds. The fourth-order valence-electron chi connectivity index (χ4n) is 2.68. The van der Waals surface area contributed by atoms with Gasteiger partial charge in [0.05, 0.1) is 5.02 Å². The summed E-state index contributed by atoms with van der Waals surface area (Å²) >= 11 is 7.79. The van der Waals surface area contributed by atoms with E-state index in [0.717, 1.165) is 23.0 Å². The van der Waals surface area contributed by atoms with Gasteiger partial charge in [-0.05, 0) is 44.0 Å². The molecule has 1 N–H and O–H groups in total. The zero-order chi connectivity index (χ0) is 14.4. The summed E-state index contributed by atoms with van der Waals surface area (Å²) in [5, 5.41) is 4.37. The molecule has 1 atom stereocenters. The quantitative estimate of drug-likeness (QED) is 0.818.